The summed E-state index contributed by atoms with van der Waals surface area (Å²) in [6, 6.07) is 18.2. The molecule has 0 atom stereocenters. The van der Waals surface area contributed by atoms with Crippen LogP contribution in [0.5, 0.6) is 0 Å². The molecule has 25 heavy (non-hydrogen) atoms. The second kappa shape index (κ2) is 8.74. The van der Waals surface area contributed by atoms with Crippen LogP contribution in [-0.2, 0) is 22.5 Å². The summed E-state index contributed by atoms with van der Waals surface area (Å²) in [6.45, 7) is 3.98. The molecule has 2 aromatic carbocycles. The van der Waals surface area contributed by atoms with Crippen LogP contribution < -0.4 is 4.80 Å². The molecule has 0 aliphatic carbocycles. The van der Waals surface area contributed by atoms with Crippen molar-refractivity contribution < 1.29 is 9.53 Å². The number of rotatable bonds is 7. The fraction of sp³-hybridized carbons (Fsp3) is 0.300. The third kappa shape index (κ3) is 4.65. The van der Waals surface area contributed by atoms with E-state index in [1.807, 2.05) is 49.4 Å². The van der Waals surface area contributed by atoms with E-state index in [-0.39, 0.29) is 5.91 Å². The van der Waals surface area contributed by atoms with E-state index in [0.717, 1.165) is 20.6 Å². The van der Waals surface area contributed by atoms with Crippen molar-refractivity contribution >= 4 is 27.5 Å². The molecule has 0 bridgehead atoms. The second-order valence-corrected chi connectivity index (χ2v) is 6.70. The van der Waals surface area contributed by atoms with Gasteiger partial charge < -0.3 is 9.30 Å². The number of nitrogens with zero attached hydrogens (tertiary/aromatic N) is 2. The zero-order valence-electron chi connectivity index (χ0n) is 14.4. The normalized spacial score (nSPS) is 12.0. The lowest BCUT2D eigenvalue weighted by Crippen LogP contribution is -2.19. The first-order chi connectivity index (χ1) is 12.3. The van der Waals surface area contributed by atoms with E-state index in [9.17, 15) is 4.79 Å². The van der Waals surface area contributed by atoms with E-state index < -0.39 is 0 Å². The molecule has 0 fully saturated rings. The maximum atomic E-state index is 12.3. The van der Waals surface area contributed by atoms with E-state index in [4.69, 9.17) is 4.74 Å². The van der Waals surface area contributed by atoms with Crippen LogP contribution in [0.1, 0.15) is 18.9 Å². The molecule has 0 saturated heterocycles. The van der Waals surface area contributed by atoms with Gasteiger partial charge in [0.05, 0.1) is 16.8 Å². The maximum absolute atomic E-state index is 12.3. The molecular formula is C20H22N2O2S. The van der Waals surface area contributed by atoms with Gasteiger partial charge in [0, 0.05) is 19.6 Å². The smallest absolute Gasteiger partial charge is 0.248 e. The van der Waals surface area contributed by atoms with E-state index in [0.29, 0.717) is 32.6 Å². The Morgan fingerprint density at radius 3 is 2.68 bits per heavy atom. The van der Waals surface area contributed by atoms with Crippen molar-refractivity contribution in [3.63, 3.8) is 0 Å². The molecule has 0 unspecified atom stereocenters. The lowest BCUT2D eigenvalue weighted by molar-refractivity contribution is -0.118. The van der Waals surface area contributed by atoms with Crippen LogP contribution in [0.3, 0.4) is 0 Å². The van der Waals surface area contributed by atoms with Gasteiger partial charge in [-0.25, -0.2) is 0 Å². The number of aromatic nitrogens is 1. The molecule has 0 spiro atoms. The summed E-state index contributed by atoms with van der Waals surface area (Å²) < 4.78 is 8.69. The highest BCUT2D eigenvalue weighted by Crippen LogP contribution is 2.16. The highest BCUT2D eigenvalue weighted by Gasteiger charge is 2.08. The molecule has 0 aliphatic heterocycles. The third-order valence-electron chi connectivity index (χ3n) is 3.94. The van der Waals surface area contributed by atoms with Crippen LogP contribution in [0.25, 0.3) is 10.2 Å². The molecule has 0 N–H and O–H groups in total. The first kappa shape index (κ1) is 17.6. The quantitative estimate of drug-likeness (QED) is 0.606. The predicted molar refractivity (Wildman–Crippen MR) is 102 cm³/mol. The summed E-state index contributed by atoms with van der Waals surface area (Å²) in [6.07, 6.45) is 1.14. The summed E-state index contributed by atoms with van der Waals surface area (Å²) in [4.78, 5) is 17.5. The fourth-order valence-electron chi connectivity index (χ4n) is 2.68. The number of aryl methyl sites for hydroxylation is 1. The molecule has 0 saturated carbocycles. The van der Waals surface area contributed by atoms with Gasteiger partial charge in [0.1, 0.15) is 0 Å². The Morgan fingerprint density at radius 2 is 1.88 bits per heavy atom. The fourth-order valence-corrected chi connectivity index (χ4v) is 3.75. The number of hydrogen-bond acceptors (Lipinski definition) is 3. The Balaban J connectivity index is 1.81. The monoisotopic (exact) mass is 354 g/mol. The Morgan fingerprint density at radius 1 is 1.12 bits per heavy atom. The molecule has 4 nitrogen and oxygen atoms in total. The summed E-state index contributed by atoms with van der Waals surface area (Å²) in [7, 11) is 0. The van der Waals surface area contributed by atoms with Crippen molar-refractivity contribution in [3.05, 3.63) is 65.0 Å². The minimum absolute atomic E-state index is 0.0828. The lowest BCUT2D eigenvalue weighted by atomic mass is 10.1. The van der Waals surface area contributed by atoms with Gasteiger partial charge in [-0.3, -0.25) is 4.79 Å². The standard InChI is InChI=1S/C20H22N2O2S/c1-2-24-15-14-22-17-10-6-7-11-18(17)25-20(22)21-19(23)13-12-16-8-4-3-5-9-16/h3-11H,2,12-15H2,1H3. The Kier molecular flexibility index (Phi) is 6.14. The number of hydrogen-bond donors (Lipinski definition) is 0. The zero-order valence-corrected chi connectivity index (χ0v) is 15.2. The van der Waals surface area contributed by atoms with Crippen LogP contribution in [0, 0.1) is 0 Å². The van der Waals surface area contributed by atoms with Gasteiger partial charge in [0.15, 0.2) is 4.80 Å². The van der Waals surface area contributed by atoms with Gasteiger partial charge in [-0.2, -0.15) is 4.99 Å². The van der Waals surface area contributed by atoms with Crippen molar-refractivity contribution in [1.82, 2.24) is 4.57 Å². The molecule has 1 aromatic heterocycles. The van der Waals surface area contributed by atoms with Crippen LogP contribution in [0.4, 0.5) is 0 Å². The van der Waals surface area contributed by atoms with E-state index >= 15 is 0 Å². The summed E-state index contributed by atoms with van der Waals surface area (Å²) in [5, 5.41) is 0. The zero-order chi connectivity index (χ0) is 17.5. The highest BCUT2D eigenvalue weighted by atomic mass is 32.1. The first-order valence-electron chi connectivity index (χ1n) is 8.55. The Hall–Kier alpha value is -2.24. The molecule has 0 aliphatic rings. The Labute approximate surface area is 151 Å². The number of thiazole rings is 1. The maximum Gasteiger partial charge on any atom is 0.248 e. The van der Waals surface area contributed by atoms with E-state index in [1.165, 1.54) is 0 Å². The number of ether oxygens (including phenoxy) is 1. The number of para-hydroxylation sites is 1. The predicted octanol–water partition coefficient (Wildman–Crippen LogP) is 3.80. The molecule has 5 heteroatoms. The van der Waals surface area contributed by atoms with E-state index in [2.05, 4.69) is 21.7 Å². The second-order valence-electron chi connectivity index (χ2n) is 5.69. The third-order valence-corrected chi connectivity index (χ3v) is 5.00. The van der Waals surface area contributed by atoms with Gasteiger partial charge in [0.2, 0.25) is 5.91 Å². The van der Waals surface area contributed by atoms with Gasteiger partial charge in [-0.15, -0.1) is 0 Å². The van der Waals surface area contributed by atoms with Crippen molar-refractivity contribution in [2.45, 2.75) is 26.3 Å². The molecule has 1 amide bonds. The molecule has 0 radical (unpaired) electrons. The first-order valence-corrected chi connectivity index (χ1v) is 9.37. The van der Waals surface area contributed by atoms with Gasteiger partial charge in [0.25, 0.3) is 0 Å². The lowest BCUT2D eigenvalue weighted by Gasteiger charge is -2.05. The highest BCUT2D eigenvalue weighted by molar-refractivity contribution is 7.16. The average molecular weight is 354 g/mol. The van der Waals surface area contributed by atoms with Crippen LogP contribution in [0.2, 0.25) is 0 Å². The number of carbonyl (C=O) groups excluding carboxylic acids is 1. The van der Waals surface area contributed by atoms with Crippen LogP contribution >= 0.6 is 11.3 Å². The molecule has 1 heterocycles. The summed E-state index contributed by atoms with van der Waals surface area (Å²) in [5.74, 6) is -0.0828. The Bertz CT molecular complexity index is 897. The topological polar surface area (TPSA) is 43.6 Å². The molecule has 3 rings (SSSR count). The SMILES string of the molecule is CCOCCn1c(=NC(=O)CCc2ccccc2)sc2ccccc21. The number of carbonyl (C=O) groups is 1. The minimum Gasteiger partial charge on any atom is -0.380 e. The largest absolute Gasteiger partial charge is 0.380 e. The molecular weight excluding hydrogens is 332 g/mol. The summed E-state index contributed by atoms with van der Waals surface area (Å²) in [5.41, 5.74) is 2.26. The van der Waals surface area contributed by atoms with E-state index in [1.54, 1.807) is 11.3 Å². The van der Waals surface area contributed by atoms with Crippen LogP contribution in [0.15, 0.2) is 59.6 Å². The van der Waals surface area contributed by atoms with Crippen molar-refractivity contribution in [1.29, 1.82) is 0 Å². The average Bonchev–Trinajstić information content (AvgIpc) is 2.98. The van der Waals surface area contributed by atoms with Crippen molar-refractivity contribution in [2.75, 3.05) is 13.2 Å². The molecule has 3 aromatic rings. The number of benzene rings is 2. The molecule has 130 valence electrons. The van der Waals surface area contributed by atoms with Gasteiger partial charge >= 0.3 is 0 Å². The van der Waals surface area contributed by atoms with Gasteiger partial charge in [-0.05, 0) is 31.0 Å². The number of amides is 1. The van der Waals surface area contributed by atoms with Crippen molar-refractivity contribution in [2.24, 2.45) is 4.99 Å². The number of fused-ring (bicyclic) bond motifs is 1. The minimum atomic E-state index is -0.0828. The summed E-state index contributed by atoms with van der Waals surface area (Å²) >= 11 is 1.55. The van der Waals surface area contributed by atoms with Crippen molar-refractivity contribution in [3.8, 4) is 0 Å². The van der Waals surface area contributed by atoms with Gasteiger partial charge in [-0.1, -0.05) is 53.8 Å². The van der Waals surface area contributed by atoms with Crippen LogP contribution in [-0.4, -0.2) is 23.7 Å².